The smallest absolute Gasteiger partial charge is 0.169 e. The second kappa shape index (κ2) is 5.36. The van der Waals surface area contributed by atoms with E-state index in [0.29, 0.717) is 17.1 Å². The van der Waals surface area contributed by atoms with E-state index in [4.69, 9.17) is 14.6 Å². The fourth-order valence-corrected chi connectivity index (χ4v) is 1.27. The van der Waals surface area contributed by atoms with Crippen LogP contribution in [0.3, 0.4) is 0 Å². The molecular weight excluding hydrogens is 196 g/mol. The van der Waals surface area contributed by atoms with Gasteiger partial charge in [-0.15, -0.1) is 0 Å². The van der Waals surface area contributed by atoms with Crippen molar-refractivity contribution in [2.24, 2.45) is 0 Å². The van der Waals surface area contributed by atoms with Gasteiger partial charge in [-0.25, -0.2) is 0 Å². The van der Waals surface area contributed by atoms with Crippen molar-refractivity contribution in [3.8, 4) is 11.5 Å². The van der Waals surface area contributed by atoms with Crippen LogP contribution in [0.25, 0.3) is 0 Å². The molecule has 0 aliphatic rings. The summed E-state index contributed by atoms with van der Waals surface area (Å²) in [5.74, 6) is 0.930. The summed E-state index contributed by atoms with van der Waals surface area (Å²) in [5.41, 5.74) is 0.436. The molecule has 82 valence electrons. The molecule has 1 aromatic rings. The molecule has 0 bridgehead atoms. The lowest BCUT2D eigenvalue weighted by Crippen LogP contribution is -2.04. The molecule has 0 aliphatic heterocycles. The first-order chi connectivity index (χ1) is 7.22. The quantitative estimate of drug-likeness (QED) is 0.743. The van der Waals surface area contributed by atoms with Crippen LogP contribution in [0.15, 0.2) is 18.2 Å². The van der Waals surface area contributed by atoms with Crippen LogP contribution in [-0.2, 0) is 0 Å². The Bertz CT molecular complexity index is 346. The fraction of sp³-hybridized carbons (Fsp3) is 0.364. The van der Waals surface area contributed by atoms with Crippen molar-refractivity contribution in [2.45, 2.75) is 6.42 Å². The van der Waals surface area contributed by atoms with Gasteiger partial charge in [0.2, 0.25) is 0 Å². The Balaban J connectivity index is 3.05. The lowest BCUT2D eigenvalue weighted by atomic mass is 10.1. The van der Waals surface area contributed by atoms with Crippen molar-refractivity contribution in [1.82, 2.24) is 0 Å². The monoisotopic (exact) mass is 210 g/mol. The van der Waals surface area contributed by atoms with E-state index < -0.39 is 0 Å². The van der Waals surface area contributed by atoms with Gasteiger partial charge in [-0.3, -0.25) is 4.79 Å². The number of hydrogen-bond acceptors (Lipinski definition) is 4. The van der Waals surface area contributed by atoms with E-state index in [2.05, 4.69) is 0 Å². The number of carbonyl (C=O) groups excluding carboxylic acids is 1. The highest BCUT2D eigenvalue weighted by molar-refractivity contribution is 5.99. The van der Waals surface area contributed by atoms with Crippen molar-refractivity contribution < 1.29 is 19.4 Å². The predicted molar refractivity (Wildman–Crippen MR) is 55.6 cm³/mol. The molecule has 0 unspecified atom stereocenters. The van der Waals surface area contributed by atoms with Gasteiger partial charge in [0.25, 0.3) is 0 Å². The SMILES string of the molecule is COc1ccc(OC)c(C(=O)CCO)c1. The molecule has 0 spiro atoms. The molecule has 0 atom stereocenters. The van der Waals surface area contributed by atoms with Gasteiger partial charge in [0, 0.05) is 6.42 Å². The summed E-state index contributed by atoms with van der Waals surface area (Å²) in [6.45, 7) is -0.167. The first-order valence-electron chi connectivity index (χ1n) is 4.59. The molecule has 0 aliphatic carbocycles. The number of ether oxygens (including phenoxy) is 2. The highest BCUT2D eigenvalue weighted by Gasteiger charge is 2.12. The Morgan fingerprint density at radius 2 is 2.07 bits per heavy atom. The standard InChI is InChI=1S/C11H14O4/c1-14-8-3-4-11(15-2)9(7-8)10(13)5-6-12/h3-4,7,12H,5-6H2,1-2H3. The van der Waals surface area contributed by atoms with Crippen LogP contribution in [0.5, 0.6) is 11.5 Å². The molecule has 4 heteroatoms. The average molecular weight is 210 g/mol. The van der Waals surface area contributed by atoms with Crippen LogP contribution < -0.4 is 9.47 Å². The molecule has 1 aromatic carbocycles. The summed E-state index contributed by atoms with van der Waals surface area (Å²) in [6.07, 6.45) is 0.0868. The van der Waals surface area contributed by atoms with Gasteiger partial charge in [-0.05, 0) is 18.2 Å². The van der Waals surface area contributed by atoms with Crippen molar-refractivity contribution in [1.29, 1.82) is 0 Å². The minimum Gasteiger partial charge on any atom is -0.497 e. The van der Waals surface area contributed by atoms with Gasteiger partial charge in [-0.1, -0.05) is 0 Å². The molecule has 0 fully saturated rings. The first kappa shape index (κ1) is 11.5. The third-order valence-electron chi connectivity index (χ3n) is 2.05. The molecule has 15 heavy (non-hydrogen) atoms. The van der Waals surface area contributed by atoms with Crippen LogP contribution in [0, 0.1) is 0 Å². The van der Waals surface area contributed by atoms with E-state index in [-0.39, 0.29) is 18.8 Å². The van der Waals surface area contributed by atoms with Crippen molar-refractivity contribution in [2.75, 3.05) is 20.8 Å². The van der Waals surface area contributed by atoms with E-state index in [1.54, 1.807) is 18.2 Å². The largest absolute Gasteiger partial charge is 0.497 e. The summed E-state index contributed by atoms with van der Waals surface area (Å²) >= 11 is 0. The molecule has 4 nitrogen and oxygen atoms in total. The second-order valence-corrected chi connectivity index (χ2v) is 2.96. The highest BCUT2D eigenvalue weighted by Crippen LogP contribution is 2.24. The van der Waals surface area contributed by atoms with Crippen molar-refractivity contribution in [3.63, 3.8) is 0 Å². The lowest BCUT2D eigenvalue weighted by Gasteiger charge is -2.08. The normalized spacial score (nSPS) is 9.80. The Hall–Kier alpha value is -1.55. The van der Waals surface area contributed by atoms with Gasteiger partial charge in [0.15, 0.2) is 5.78 Å². The average Bonchev–Trinajstić information content (AvgIpc) is 2.28. The number of aliphatic hydroxyl groups is 1. The number of carbonyl (C=O) groups is 1. The Morgan fingerprint density at radius 1 is 1.33 bits per heavy atom. The predicted octanol–water partition coefficient (Wildman–Crippen LogP) is 1.27. The molecule has 0 heterocycles. The van der Waals surface area contributed by atoms with Gasteiger partial charge < -0.3 is 14.6 Å². The maximum atomic E-state index is 11.6. The summed E-state index contributed by atoms with van der Waals surface area (Å²) in [6, 6.07) is 4.99. The summed E-state index contributed by atoms with van der Waals surface area (Å²) < 4.78 is 10.1. The number of benzene rings is 1. The number of rotatable bonds is 5. The molecule has 0 radical (unpaired) electrons. The van der Waals surface area contributed by atoms with E-state index in [9.17, 15) is 4.79 Å². The van der Waals surface area contributed by atoms with Crippen LogP contribution in [0.1, 0.15) is 16.8 Å². The minimum absolute atomic E-state index is 0.0868. The molecular formula is C11H14O4. The second-order valence-electron chi connectivity index (χ2n) is 2.96. The molecule has 0 saturated carbocycles. The van der Waals surface area contributed by atoms with E-state index in [0.717, 1.165) is 0 Å². The van der Waals surface area contributed by atoms with Crippen molar-refractivity contribution in [3.05, 3.63) is 23.8 Å². The third-order valence-corrected chi connectivity index (χ3v) is 2.05. The molecule has 0 amide bonds. The number of ketones is 1. The topological polar surface area (TPSA) is 55.8 Å². The molecule has 1 N–H and O–H groups in total. The fourth-order valence-electron chi connectivity index (χ4n) is 1.27. The molecule has 1 rings (SSSR count). The van der Waals surface area contributed by atoms with Gasteiger partial charge >= 0.3 is 0 Å². The molecule has 0 aromatic heterocycles. The van der Waals surface area contributed by atoms with Crippen LogP contribution >= 0.6 is 0 Å². The third kappa shape index (κ3) is 2.70. The zero-order valence-corrected chi connectivity index (χ0v) is 8.82. The number of hydrogen-bond donors (Lipinski definition) is 1. The summed E-state index contributed by atoms with van der Waals surface area (Å²) in [4.78, 5) is 11.6. The Kier molecular flexibility index (Phi) is 4.12. The number of Topliss-reactive ketones (excluding diaryl/α,β-unsaturated/α-hetero) is 1. The zero-order valence-electron chi connectivity index (χ0n) is 8.82. The van der Waals surface area contributed by atoms with E-state index in [1.165, 1.54) is 14.2 Å². The Labute approximate surface area is 88.4 Å². The summed E-state index contributed by atoms with van der Waals surface area (Å²) in [7, 11) is 3.03. The number of aliphatic hydroxyl groups excluding tert-OH is 1. The van der Waals surface area contributed by atoms with E-state index >= 15 is 0 Å². The lowest BCUT2D eigenvalue weighted by molar-refractivity contribution is 0.0953. The van der Waals surface area contributed by atoms with E-state index in [1.807, 2.05) is 0 Å². The van der Waals surface area contributed by atoms with Gasteiger partial charge in [0.05, 0.1) is 26.4 Å². The minimum atomic E-state index is -0.167. The van der Waals surface area contributed by atoms with Gasteiger partial charge in [-0.2, -0.15) is 0 Å². The van der Waals surface area contributed by atoms with Crippen LogP contribution in [0.4, 0.5) is 0 Å². The van der Waals surface area contributed by atoms with Crippen molar-refractivity contribution >= 4 is 5.78 Å². The highest BCUT2D eigenvalue weighted by atomic mass is 16.5. The van der Waals surface area contributed by atoms with Gasteiger partial charge in [0.1, 0.15) is 11.5 Å². The molecule has 0 saturated heterocycles. The first-order valence-corrected chi connectivity index (χ1v) is 4.59. The Morgan fingerprint density at radius 3 is 2.60 bits per heavy atom. The summed E-state index contributed by atoms with van der Waals surface area (Å²) in [5, 5.41) is 8.70. The number of methoxy groups -OCH3 is 2. The van der Waals surface area contributed by atoms with Crippen LogP contribution in [0.2, 0.25) is 0 Å². The maximum absolute atomic E-state index is 11.6. The van der Waals surface area contributed by atoms with Crippen LogP contribution in [-0.4, -0.2) is 31.7 Å². The zero-order chi connectivity index (χ0) is 11.3. The maximum Gasteiger partial charge on any atom is 0.169 e.